The van der Waals surface area contributed by atoms with Crippen molar-refractivity contribution >= 4 is 16.8 Å². The number of ether oxygens (including phenoxy) is 2. The number of methoxy groups -OCH3 is 1. The molecule has 1 aliphatic rings. The molecule has 1 unspecified atom stereocenters. The van der Waals surface area contributed by atoms with Gasteiger partial charge in [0.05, 0.1) is 24.6 Å². The molecular weight excluding hydrogens is 370 g/mol. The molecule has 2 aromatic carbocycles. The summed E-state index contributed by atoms with van der Waals surface area (Å²) in [6.45, 7) is 0.618. The van der Waals surface area contributed by atoms with Crippen LogP contribution >= 0.6 is 0 Å². The number of aliphatic hydroxyl groups is 1. The largest absolute Gasteiger partial charge is 0.496 e. The summed E-state index contributed by atoms with van der Waals surface area (Å²) in [5, 5.41) is 12.0. The van der Waals surface area contributed by atoms with E-state index in [2.05, 4.69) is 9.97 Å². The molecule has 7 nitrogen and oxygen atoms in total. The fourth-order valence-electron chi connectivity index (χ4n) is 3.81. The van der Waals surface area contributed by atoms with Crippen LogP contribution in [0.15, 0.2) is 54.9 Å². The van der Waals surface area contributed by atoms with E-state index >= 15 is 0 Å². The van der Waals surface area contributed by atoms with Crippen LogP contribution in [0, 0.1) is 0 Å². The number of amides is 1. The maximum atomic E-state index is 12.8. The summed E-state index contributed by atoms with van der Waals surface area (Å²) in [5.41, 5.74) is 0.304. The fraction of sp³-hybridized carbons (Fsp3) is 0.318. The second kappa shape index (κ2) is 8.05. The lowest BCUT2D eigenvalue weighted by Gasteiger charge is -2.40. The van der Waals surface area contributed by atoms with Crippen molar-refractivity contribution in [2.75, 3.05) is 26.8 Å². The number of nitrogens with zero attached hydrogens (tertiary/aromatic N) is 3. The van der Waals surface area contributed by atoms with E-state index in [1.165, 1.54) is 6.33 Å². The van der Waals surface area contributed by atoms with Crippen molar-refractivity contribution in [2.24, 2.45) is 0 Å². The Morgan fingerprint density at radius 1 is 1.17 bits per heavy atom. The smallest absolute Gasteiger partial charge is 0.260 e. The SMILES string of the molecule is COc1ccccc1C1(O)CCCN(C(=O)COc2ncnc3ccccc23)C1. The predicted octanol–water partition coefficient (Wildman–Crippen LogP) is 2.53. The quantitative estimate of drug-likeness (QED) is 0.717. The molecule has 1 saturated heterocycles. The summed E-state index contributed by atoms with van der Waals surface area (Å²) < 4.78 is 11.1. The summed E-state index contributed by atoms with van der Waals surface area (Å²) in [5.74, 6) is 0.801. The van der Waals surface area contributed by atoms with Gasteiger partial charge in [0, 0.05) is 12.1 Å². The van der Waals surface area contributed by atoms with E-state index in [-0.39, 0.29) is 19.1 Å². The number of carbonyl (C=O) groups excluding carboxylic acids is 1. The summed E-state index contributed by atoms with van der Waals surface area (Å²) in [4.78, 5) is 22.8. The van der Waals surface area contributed by atoms with E-state index in [4.69, 9.17) is 9.47 Å². The van der Waals surface area contributed by atoms with Crippen LogP contribution < -0.4 is 9.47 Å². The number of rotatable bonds is 5. The van der Waals surface area contributed by atoms with Gasteiger partial charge in [-0.2, -0.15) is 0 Å². The lowest BCUT2D eigenvalue weighted by molar-refractivity contribution is -0.141. The summed E-state index contributed by atoms with van der Waals surface area (Å²) in [7, 11) is 1.58. The third-order valence-electron chi connectivity index (χ3n) is 5.27. The van der Waals surface area contributed by atoms with E-state index in [1.807, 2.05) is 48.5 Å². The van der Waals surface area contributed by atoms with Gasteiger partial charge in [-0.25, -0.2) is 9.97 Å². The Morgan fingerprint density at radius 2 is 1.97 bits per heavy atom. The molecular formula is C22H23N3O4. The van der Waals surface area contributed by atoms with Gasteiger partial charge in [-0.3, -0.25) is 4.79 Å². The zero-order chi connectivity index (χ0) is 20.3. The molecule has 1 aliphatic heterocycles. The van der Waals surface area contributed by atoms with Crippen LogP contribution in [0.2, 0.25) is 0 Å². The molecule has 0 bridgehead atoms. The molecule has 4 rings (SSSR count). The van der Waals surface area contributed by atoms with Crippen LogP contribution in [0.1, 0.15) is 18.4 Å². The van der Waals surface area contributed by atoms with Crippen molar-refractivity contribution in [3.8, 4) is 11.6 Å². The maximum Gasteiger partial charge on any atom is 0.260 e. The van der Waals surface area contributed by atoms with E-state index in [1.54, 1.807) is 12.0 Å². The van der Waals surface area contributed by atoms with Gasteiger partial charge in [0.2, 0.25) is 5.88 Å². The number of benzene rings is 2. The molecule has 150 valence electrons. The number of hydrogen-bond acceptors (Lipinski definition) is 6. The van der Waals surface area contributed by atoms with E-state index in [0.29, 0.717) is 36.6 Å². The van der Waals surface area contributed by atoms with Crippen molar-refractivity contribution in [3.63, 3.8) is 0 Å². The highest BCUT2D eigenvalue weighted by atomic mass is 16.5. The van der Waals surface area contributed by atoms with Crippen molar-refractivity contribution < 1.29 is 19.4 Å². The van der Waals surface area contributed by atoms with Crippen molar-refractivity contribution in [1.29, 1.82) is 0 Å². The Kier molecular flexibility index (Phi) is 5.31. The summed E-state index contributed by atoms with van der Waals surface area (Å²) >= 11 is 0. The molecule has 0 aliphatic carbocycles. The van der Waals surface area contributed by atoms with E-state index in [0.717, 1.165) is 10.9 Å². The summed E-state index contributed by atoms with van der Waals surface area (Å²) in [6.07, 6.45) is 2.68. The monoisotopic (exact) mass is 393 g/mol. The Hall–Kier alpha value is -3.19. The minimum absolute atomic E-state index is 0.150. The molecule has 0 saturated carbocycles. The predicted molar refractivity (Wildman–Crippen MR) is 108 cm³/mol. The highest BCUT2D eigenvalue weighted by molar-refractivity contribution is 5.84. The average molecular weight is 393 g/mol. The first-order valence-electron chi connectivity index (χ1n) is 9.57. The molecule has 1 amide bonds. The molecule has 29 heavy (non-hydrogen) atoms. The van der Waals surface area contributed by atoms with Gasteiger partial charge >= 0.3 is 0 Å². The van der Waals surface area contributed by atoms with Crippen LogP contribution in [0.3, 0.4) is 0 Å². The molecule has 2 heterocycles. The third-order valence-corrected chi connectivity index (χ3v) is 5.27. The molecule has 3 aromatic rings. The lowest BCUT2D eigenvalue weighted by Crippen LogP contribution is -2.50. The number of hydrogen-bond donors (Lipinski definition) is 1. The van der Waals surface area contributed by atoms with Crippen molar-refractivity contribution in [3.05, 3.63) is 60.4 Å². The fourth-order valence-corrected chi connectivity index (χ4v) is 3.81. The Bertz CT molecular complexity index is 1020. The number of likely N-dealkylation sites (tertiary alicyclic amines) is 1. The Morgan fingerprint density at radius 3 is 2.83 bits per heavy atom. The average Bonchev–Trinajstić information content (AvgIpc) is 2.77. The van der Waals surface area contributed by atoms with Crippen molar-refractivity contribution in [1.82, 2.24) is 14.9 Å². The van der Waals surface area contributed by atoms with E-state index in [9.17, 15) is 9.90 Å². The Balaban J connectivity index is 1.47. The van der Waals surface area contributed by atoms with Gasteiger partial charge in [0.25, 0.3) is 5.91 Å². The van der Waals surface area contributed by atoms with Gasteiger partial charge in [0.15, 0.2) is 6.61 Å². The van der Waals surface area contributed by atoms with Gasteiger partial charge in [-0.1, -0.05) is 30.3 Å². The zero-order valence-electron chi connectivity index (χ0n) is 16.2. The first-order valence-corrected chi connectivity index (χ1v) is 9.57. The third kappa shape index (κ3) is 3.86. The minimum Gasteiger partial charge on any atom is -0.496 e. The standard InChI is InChI=1S/C22H23N3O4/c1-28-19-10-5-3-8-17(19)22(27)11-6-12-25(14-22)20(26)13-29-21-16-7-2-4-9-18(16)23-15-24-21/h2-5,7-10,15,27H,6,11-14H2,1H3. The van der Waals surface area contributed by atoms with E-state index < -0.39 is 5.60 Å². The molecule has 1 N–H and O–H groups in total. The van der Waals surface area contributed by atoms with Crippen LogP contribution in [-0.4, -0.2) is 52.7 Å². The van der Waals surface area contributed by atoms with Crippen LogP contribution in [0.25, 0.3) is 10.9 Å². The van der Waals surface area contributed by atoms with Crippen LogP contribution in [0.5, 0.6) is 11.6 Å². The van der Waals surface area contributed by atoms with Gasteiger partial charge < -0.3 is 19.5 Å². The number of aromatic nitrogens is 2. The second-order valence-electron chi connectivity index (χ2n) is 7.14. The zero-order valence-corrected chi connectivity index (χ0v) is 16.2. The van der Waals surface area contributed by atoms with Crippen LogP contribution in [0.4, 0.5) is 0 Å². The molecule has 1 atom stereocenters. The molecule has 0 radical (unpaired) electrons. The highest BCUT2D eigenvalue weighted by Crippen LogP contribution is 2.36. The number of β-amino-alcohol motifs (C(OH)–C–C–N with tert-alkyl or cyclic N) is 1. The number of piperidine rings is 1. The number of fused-ring (bicyclic) bond motifs is 1. The minimum atomic E-state index is -1.15. The topological polar surface area (TPSA) is 84.8 Å². The van der Waals surface area contributed by atoms with Gasteiger partial charge in [-0.15, -0.1) is 0 Å². The molecule has 1 aromatic heterocycles. The lowest BCUT2D eigenvalue weighted by atomic mass is 9.85. The molecule has 7 heteroatoms. The molecule has 1 fully saturated rings. The van der Waals surface area contributed by atoms with Crippen LogP contribution in [-0.2, 0) is 10.4 Å². The summed E-state index contributed by atoms with van der Waals surface area (Å²) in [6, 6.07) is 14.9. The van der Waals surface area contributed by atoms with Gasteiger partial charge in [-0.05, 0) is 31.0 Å². The molecule has 0 spiro atoms. The normalized spacial score (nSPS) is 19.2. The Labute approximate surface area is 168 Å². The number of carbonyl (C=O) groups is 1. The van der Waals surface area contributed by atoms with Crippen molar-refractivity contribution in [2.45, 2.75) is 18.4 Å². The maximum absolute atomic E-state index is 12.8. The second-order valence-corrected chi connectivity index (χ2v) is 7.14. The highest BCUT2D eigenvalue weighted by Gasteiger charge is 2.38. The first-order chi connectivity index (χ1) is 14.1. The first kappa shape index (κ1) is 19.1. The van der Waals surface area contributed by atoms with Gasteiger partial charge in [0.1, 0.15) is 17.7 Å². The number of para-hydroxylation sites is 2.